The van der Waals surface area contributed by atoms with Gasteiger partial charge in [0, 0.05) is 44.9 Å². The number of nitrogens with zero attached hydrogens (tertiary/aromatic N) is 2. The molecule has 1 heterocycles. The van der Waals surface area contributed by atoms with Gasteiger partial charge in [-0.3, -0.25) is 4.79 Å². The van der Waals surface area contributed by atoms with Crippen molar-refractivity contribution in [2.24, 2.45) is 0 Å². The summed E-state index contributed by atoms with van der Waals surface area (Å²) in [5, 5.41) is 0. The zero-order valence-electron chi connectivity index (χ0n) is 17.5. The van der Waals surface area contributed by atoms with E-state index in [0.29, 0.717) is 19.4 Å². The Morgan fingerprint density at radius 2 is 1.62 bits per heavy atom. The van der Waals surface area contributed by atoms with Gasteiger partial charge >= 0.3 is 0 Å². The van der Waals surface area contributed by atoms with Gasteiger partial charge in [-0.15, -0.1) is 0 Å². The van der Waals surface area contributed by atoms with E-state index >= 15 is 0 Å². The first-order valence-corrected chi connectivity index (χ1v) is 9.96. The number of hydrogen-bond acceptors (Lipinski definition) is 5. The molecule has 0 bridgehead atoms. The summed E-state index contributed by atoms with van der Waals surface area (Å²) >= 11 is 0. The minimum Gasteiger partial charge on any atom is -0.497 e. The van der Waals surface area contributed by atoms with Crippen LogP contribution >= 0.6 is 0 Å². The van der Waals surface area contributed by atoms with Crippen molar-refractivity contribution in [1.29, 1.82) is 0 Å². The smallest absolute Gasteiger partial charge is 0.222 e. The first-order valence-electron chi connectivity index (χ1n) is 9.96. The Hall–Kier alpha value is -2.73. The molecule has 0 unspecified atom stereocenters. The van der Waals surface area contributed by atoms with E-state index in [1.165, 1.54) is 5.69 Å². The molecule has 6 heteroatoms. The maximum absolute atomic E-state index is 12.6. The number of hydrogen-bond donors (Lipinski definition) is 0. The largest absolute Gasteiger partial charge is 0.497 e. The van der Waals surface area contributed by atoms with Gasteiger partial charge in [0.2, 0.25) is 5.91 Å². The molecule has 1 amide bonds. The molecule has 0 aromatic heterocycles. The molecule has 1 aliphatic rings. The second kappa shape index (κ2) is 10.2. The van der Waals surface area contributed by atoms with E-state index in [-0.39, 0.29) is 5.91 Å². The molecule has 6 nitrogen and oxygen atoms in total. The Labute approximate surface area is 173 Å². The first kappa shape index (κ1) is 21.0. The summed E-state index contributed by atoms with van der Waals surface area (Å²) in [4.78, 5) is 16.7. The number of rotatable bonds is 8. The molecule has 2 aromatic rings. The Bertz CT molecular complexity index is 779. The highest BCUT2D eigenvalue weighted by atomic mass is 16.5. The van der Waals surface area contributed by atoms with Crippen LogP contribution in [0.5, 0.6) is 11.5 Å². The Balaban J connectivity index is 1.52. The number of carbonyl (C=O) groups is 1. The molecule has 29 heavy (non-hydrogen) atoms. The molecule has 1 saturated heterocycles. The van der Waals surface area contributed by atoms with Crippen LogP contribution in [0.4, 0.5) is 5.69 Å². The van der Waals surface area contributed by atoms with Gasteiger partial charge in [-0.25, -0.2) is 0 Å². The summed E-state index contributed by atoms with van der Waals surface area (Å²) in [6.45, 7) is 4.00. The highest BCUT2D eigenvalue weighted by Gasteiger charge is 2.13. The topological polar surface area (TPSA) is 51.2 Å². The van der Waals surface area contributed by atoms with Crippen molar-refractivity contribution in [2.75, 3.05) is 52.5 Å². The number of ether oxygens (including phenoxy) is 3. The van der Waals surface area contributed by atoms with Crippen LogP contribution in [-0.2, 0) is 22.5 Å². The Morgan fingerprint density at radius 1 is 1.00 bits per heavy atom. The van der Waals surface area contributed by atoms with E-state index < -0.39 is 0 Å². The number of aryl methyl sites for hydroxylation is 1. The lowest BCUT2D eigenvalue weighted by Crippen LogP contribution is -2.36. The summed E-state index contributed by atoms with van der Waals surface area (Å²) in [7, 11) is 5.11. The molecule has 1 fully saturated rings. The molecule has 156 valence electrons. The lowest BCUT2D eigenvalue weighted by molar-refractivity contribution is -0.130. The fourth-order valence-electron chi connectivity index (χ4n) is 3.45. The fraction of sp³-hybridized carbons (Fsp3) is 0.435. The van der Waals surface area contributed by atoms with Crippen molar-refractivity contribution in [3.05, 3.63) is 53.6 Å². The molecule has 3 rings (SSSR count). The third-order valence-corrected chi connectivity index (χ3v) is 5.20. The fourth-order valence-corrected chi connectivity index (χ4v) is 3.45. The monoisotopic (exact) mass is 398 g/mol. The highest BCUT2D eigenvalue weighted by Crippen LogP contribution is 2.23. The van der Waals surface area contributed by atoms with Crippen molar-refractivity contribution in [3.63, 3.8) is 0 Å². The molecular formula is C23H30N2O4. The highest BCUT2D eigenvalue weighted by molar-refractivity contribution is 5.76. The zero-order valence-corrected chi connectivity index (χ0v) is 17.5. The van der Waals surface area contributed by atoms with Crippen molar-refractivity contribution < 1.29 is 19.0 Å². The molecule has 0 aliphatic carbocycles. The number of morpholine rings is 1. The molecule has 0 radical (unpaired) electrons. The van der Waals surface area contributed by atoms with Crippen LogP contribution in [-0.4, -0.2) is 58.4 Å². The molecule has 0 saturated carbocycles. The molecule has 0 atom stereocenters. The van der Waals surface area contributed by atoms with Crippen LogP contribution in [0.25, 0.3) is 0 Å². The SMILES string of the molecule is COc1cc(CCC(=O)N(C)Cc2ccc(N3CCOCC3)cc2)cc(OC)c1. The summed E-state index contributed by atoms with van der Waals surface area (Å²) in [5.74, 6) is 1.59. The van der Waals surface area contributed by atoms with Crippen LogP contribution in [0, 0.1) is 0 Å². The van der Waals surface area contributed by atoms with E-state index in [9.17, 15) is 4.79 Å². The Kier molecular flexibility index (Phi) is 7.36. The van der Waals surface area contributed by atoms with Crippen LogP contribution in [0.3, 0.4) is 0 Å². The average Bonchev–Trinajstić information content (AvgIpc) is 2.78. The van der Waals surface area contributed by atoms with Crippen LogP contribution in [0.15, 0.2) is 42.5 Å². The third-order valence-electron chi connectivity index (χ3n) is 5.20. The molecular weight excluding hydrogens is 368 g/mol. The predicted molar refractivity (Wildman–Crippen MR) is 114 cm³/mol. The second-order valence-electron chi connectivity index (χ2n) is 7.24. The van der Waals surface area contributed by atoms with E-state index in [4.69, 9.17) is 14.2 Å². The number of carbonyl (C=O) groups excluding carboxylic acids is 1. The van der Waals surface area contributed by atoms with Crippen molar-refractivity contribution in [1.82, 2.24) is 4.90 Å². The van der Waals surface area contributed by atoms with E-state index in [0.717, 1.165) is 48.9 Å². The van der Waals surface area contributed by atoms with E-state index in [1.807, 2.05) is 25.2 Å². The van der Waals surface area contributed by atoms with Crippen LogP contribution < -0.4 is 14.4 Å². The van der Waals surface area contributed by atoms with Gasteiger partial charge in [-0.05, 0) is 41.8 Å². The Morgan fingerprint density at radius 3 is 2.21 bits per heavy atom. The lowest BCUT2D eigenvalue weighted by atomic mass is 10.1. The minimum absolute atomic E-state index is 0.115. The summed E-state index contributed by atoms with van der Waals surface area (Å²) < 4.78 is 16.0. The minimum atomic E-state index is 0.115. The second-order valence-corrected chi connectivity index (χ2v) is 7.24. The standard InChI is InChI=1S/C23H30N2O4/c1-24(17-18-4-7-20(8-5-18)25-10-12-29-13-11-25)23(26)9-6-19-14-21(27-2)16-22(15-19)28-3/h4-5,7-8,14-16H,6,9-13,17H2,1-3H3. The van der Waals surface area contributed by atoms with E-state index in [2.05, 4.69) is 29.2 Å². The van der Waals surface area contributed by atoms with Crippen LogP contribution in [0.2, 0.25) is 0 Å². The first-order chi connectivity index (χ1) is 14.1. The van der Waals surface area contributed by atoms with Gasteiger partial charge < -0.3 is 24.0 Å². The van der Waals surface area contributed by atoms with Crippen LogP contribution in [0.1, 0.15) is 17.5 Å². The van der Waals surface area contributed by atoms with Crippen molar-refractivity contribution >= 4 is 11.6 Å². The van der Waals surface area contributed by atoms with Gasteiger partial charge in [0.1, 0.15) is 11.5 Å². The third kappa shape index (κ3) is 5.87. The zero-order chi connectivity index (χ0) is 20.6. The molecule has 0 N–H and O–H groups in total. The van der Waals surface area contributed by atoms with Gasteiger partial charge in [0.15, 0.2) is 0 Å². The van der Waals surface area contributed by atoms with Gasteiger partial charge in [0.05, 0.1) is 27.4 Å². The van der Waals surface area contributed by atoms with Crippen molar-refractivity contribution in [2.45, 2.75) is 19.4 Å². The predicted octanol–water partition coefficient (Wildman–Crippen LogP) is 3.13. The quantitative estimate of drug-likeness (QED) is 0.684. The average molecular weight is 399 g/mol. The number of benzene rings is 2. The number of anilines is 1. The van der Waals surface area contributed by atoms with Gasteiger partial charge in [-0.2, -0.15) is 0 Å². The molecule has 2 aromatic carbocycles. The maximum Gasteiger partial charge on any atom is 0.222 e. The van der Waals surface area contributed by atoms with E-state index in [1.54, 1.807) is 19.1 Å². The van der Waals surface area contributed by atoms with Crippen molar-refractivity contribution in [3.8, 4) is 11.5 Å². The number of methoxy groups -OCH3 is 2. The lowest BCUT2D eigenvalue weighted by Gasteiger charge is -2.29. The van der Waals surface area contributed by atoms with Gasteiger partial charge in [0.25, 0.3) is 0 Å². The maximum atomic E-state index is 12.6. The van der Waals surface area contributed by atoms with Gasteiger partial charge in [-0.1, -0.05) is 12.1 Å². The summed E-state index contributed by atoms with van der Waals surface area (Å²) in [6, 6.07) is 14.2. The normalized spacial score (nSPS) is 13.8. The summed E-state index contributed by atoms with van der Waals surface area (Å²) in [5.41, 5.74) is 3.36. The number of amides is 1. The molecule has 1 aliphatic heterocycles. The molecule has 0 spiro atoms. The summed E-state index contributed by atoms with van der Waals surface area (Å²) in [6.07, 6.45) is 1.09.